The highest BCUT2D eigenvalue weighted by molar-refractivity contribution is 5.88. The third-order valence-corrected chi connectivity index (χ3v) is 3.70. The lowest BCUT2D eigenvalue weighted by molar-refractivity contribution is 0.0502. The van der Waals surface area contributed by atoms with Crippen molar-refractivity contribution in [1.82, 2.24) is 15.4 Å². The maximum Gasteiger partial charge on any atom is 0.356 e. The summed E-state index contributed by atoms with van der Waals surface area (Å²) in [4.78, 5) is 12.0. The van der Waals surface area contributed by atoms with Gasteiger partial charge in [0.05, 0.1) is 18.0 Å². The van der Waals surface area contributed by atoms with Gasteiger partial charge in [0.15, 0.2) is 0 Å². The molecule has 0 aliphatic carbocycles. The van der Waals surface area contributed by atoms with Crippen molar-refractivity contribution in [1.29, 1.82) is 0 Å². The molecule has 0 amide bonds. The van der Waals surface area contributed by atoms with E-state index in [1.807, 2.05) is 13.8 Å². The van der Waals surface area contributed by atoms with E-state index in [1.165, 1.54) is 12.1 Å². The standard InChI is InChI=1S/C17H16FN3O3/c1-10-14(11(2)24-21-10)7-8-23-17(22)16-9-15(19-20-16)12-3-5-13(18)6-4-12/h3-6,9H,7-8H2,1-2H3,(H,19,20). The first kappa shape index (κ1) is 15.9. The topological polar surface area (TPSA) is 81.0 Å². The van der Waals surface area contributed by atoms with E-state index >= 15 is 0 Å². The van der Waals surface area contributed by atoms with E-state index in [9.17, 15) is 9.18 Å². The number of halogens is 1. The Morgan fingerprint density at radius 2 is 2.04 bits per heavy atom. The number of carbonyl (C=O) groups excluding carboxylic acids is 1. The molecule has 3 aromatic rings. The van der Waals surface area contributed by atoms with Gasteiger partial charge in [0.2, 0.25) is 0 Å². The van der Waals surface area contributed by atoms with Gasteiger partial charge in [-0.05, 0) is 44.2 Å². The Morgan fingerprint density at radius 3 is 2.71 bits per heavy atom. The number of nitrogens with one attached hydrogen (secondary N) is 1. The summed E-state index contributed by atoms with van der Waals surface area (Å²) in [7, 11) is 0. The fourth-order valence-electron chi connectivity index (χ4n) is 2.38. The zero-order valence-corrected chi connectivity index (χ0v) is 13.3. The van der Waals surface area contributed by atoms with Crippen LogP contribution >= 0.6 is 0 Å². The molecule has 0 bridgehead atoms. The van der Waals surface area contributed by atoms with Crippen molar-refractivity contribution in [3.63, 3.8) is 0 Å². The molecular weight excluding hydrogens is 313 g/mol. The Labute approximate surface area is 137 Å². The Hall–Kier alpha value is -2.96. The lowest BCUT2D eigenvalue weighted by Gasteiger charge is -2.02. The molecular formula is C17H16FN3O3. The zero-order valence-electron chi connectivity index (χ0n) is 13.3. The zero-order chi connectivity index (χ0) is 17.1. The number of benzene rings is 1. The molecule has 0 unspecified atom stereocenters. The third kappa shape index (κ3) is 3.34. The van der Waals surface area contributed by atoms with Gasteiger partial charge in [0.1, 0.15) is 17.3 Å². The molecule has 0 aliphatic heterocycles. The number of aromatic amines is 1. The van der Waals surface area contributed by atoms with Crippen LogP contribution in [0, 0.1) is 19.7 Å². The SMILES string of the molecule is Cc1noc(C)c1CCOC(=O)c1cc(-c2ccc(F)cc2)n[nH]1. The van der Waals surface area contributed by atoms with E-state index in [1.54, 1.807) is 18.2 Å². The van der Waals surface area contributed by atoms with Crippen LogP contribution in [-0.2, 0) is 11.2 Å². The molecule has 0 radical (unpaired) electrons. The third-order valence-electron chi connectivity index (χ3n) is 3.70. The number of H-pyrrole nitrogens is 1. The predicted molar refractivity (Wildman–Crippen MR) is 83.9 cm³/mol. The molecule has 124 valence electrons. The van der Waals surface area contributed by atoms with Crippen molar-refractivity contribution in [2.75, 3.05) is 6.61 Å². The van der Waals surface area contributed by atoms with Crippen molar-refractivity contribution in [2.45, 2.75) is 20.3 Å². The van der Waals surface area contributed by atoms with Crippen molar-refractivity contribution < 1.29 is 18.4 Å². The van der Waals surface area contributed by atoms with Gasteiger partial charge < -0.3 is 9.26 Å². The Morgan fingerprint density at radius 1 is 1.29 bits per heavy atom. The van der Waals surface area contributed by atoms with Crippen LogP contribution < -0.4 is 0 Å². The smallest absolute Gasteiger partial charge is 0.356 e. The van der Waals surface area contributed by atoms with Crippen LogP contribution in [0.3, 0.4) is 0 Å². The summed E-state index contributed by atoms with van der Waals surface area (Å²) in [5.41, 5.74) is 3.24. The monoisotopic (exact) mass is 329 g/mol. The fraction of sp³-hybridized carbons (Fsp3) is 0.235. The minimum atomic E-state index is -0.498. The van der Waals surface area contributed by atoms with Gasteiger partial charge in [-0.2, -0.15) is 5.10 Å². The van der Waals surface area contributed by atoms with Crippen LogP contribution in [0.4, 0.5) is 4.39 Å². The van der Waals surface area contributed by atoms with Crippen molar-refractivity contribution in [2.24, 2.45) is 0 Å². The summed E-state index contributed by atoms with van der Waals surface area (Å²) in [6.45, 7) is 3.88. The first-order valence-electron chi connectivity index (χ1n) is 7.45. The lowest BCUT2D eigenvalue weighted by atomic mass is 10.1. The highest BCUT2D eigenvalue weighted by Gasteiger charge is 2.14. The predicted octanol–water partition coefficient (Wildman–Crippen LogP) is 3.22. The number of carbonyl (C=O) groups is 1. The second kappa shape index (κ2) is 6.66. The first-order chi connectivity index (χ1) is 11.5. The van der Waals surface area contributed by atoms with E-state index in [2.05, 4.69) is 15.4 Å². The Bertz CT molecular complexity index is 833. The number of aryl methyl sites for hydroxylation is 2. The van der Waals surface area contributed by atoms with E-state index in [0.29, 0.717) is 17.7 Å². The average molecular weight is 329 g/mol. The van der Waals surface area contributed by atoms with Crippen molar-refractivity contribution in [3.05, 3.63) is 58.9 Å². The van der Waals surface area contributed by atoms with Crippen LogP contribution in [-0.4, -0.2) is 27.9 Å². The minimum absolute atomic E-state index is 0.215. The normalized spacial score (nSPS) is 10.8. The summed E-state index contributed by atoms with van der Waals surface area (Å²) >= 11 is 0. The highest BCUT2D eigenvalue weighted by Crippen LogP contribution is 2.18. The summed E-state index contributed by atoms with van der Waals surface area (Å²) in [6, 6.07) is 7.44. The molecule has 0 fully saturated rings. The molecule has 2 aromatic heterocycles. The van der Waals surface area contributed by atoms with Crippen LogP contribution in [0.2, 0.25) is 0 Å². The molecule has 7 heteroatoms. The lowest BCUT2D eigenvalue weighted by Crippen LogP contribution is -2.09. The van der Waals surface area contributed by atoms with Crippen LogP contribution in [0.25, 0.3) is 11.3 Å². The molecule has 1 N–H and O–H groups in total. The number of esters is 1. The highest BCUT2D eigenvalue weighted by atomic mass is 19.1. The molecule has 0 atom stereocenters. The van der Waals surface area contributed by atoms with Gasteiger partial charge in [-0.15, -0.1) is 0 Å². The fourth-order valence-corrected chi connectivity index (χ4v) is 2.38. The van der Waals surface area contributed by atoms with Gasteiger partial charge in [0, 0.05) is 17.5 Å². The maximum absolute atomic E-state index is 12.9. The minimum Gasteiger partial charge on any atom is -0.461 e. The van der Waals surface area contributed by atoms with Crippen LogP contribution in [0.15, 0.2) is 34.9 Å². The van der Waals surface area contributed by atoms with E-state index in [0.717, 1.165) is 17.0 Å². The number of hydrogen-bond acceptors (Lipinski definition) is 5. The van der Waals surface area contributed by atoms with Crippen molar-refractivity contribution >= 4 is 5.97 Å². The number of rotatable bonds is 5. The molecule has 24 heavy (non-hydrogen) atoms. The summed E-state index contributed by atoms with van der Waals surface area (Å²) in [5.74, 6) is -0.0976. The molecule has 0 aliphatic rings. The molecule has 1 aromatic carbocycles. The molecule has 3 rings (SSSR count). The number of ether oxygens (including phenoxy) is 1. The van der Waals surface area contributed by atoms with Crippen LogP contribution in [0.5, 0.6) is 0 Å². The summed E-state index contributed by atoms with van der Waals surface area (Å²) in [6.07, 6.45) is 0.534. The second-order valence-corrected chi connectivity index (χ2v) is 5.36. The molecule has 2 heterocycles. The average Bonchev–Trinajstić information content (AvgIpc) is 3.17. The molecule has 0 spiro atoms. The molecule has 6 nitrogen and oxygen atoms in total. The molecule has 0 saturated heterocycles. The van der Waals surface area contributed by atoms with E-state index in [4.69, 9.17) is 9.26 Å². The quantitative estimate of drug-likeness (QED) is 0.727. The largest absolute Gasteiger partial charge is 0.461 e. The number of aromatic nitrogens is 3. The van der Waals surface area contributed by atoms with Crippen molar-refractivity contribution in [3.8, 4) is 11.3 Å². The van der Waals surface area contributed by atoms with Gasteiger partial charge >= 0.3 is 5.97 Å². The van der Waals surface area contributed by atoms with Gasteiger partial charge in [-0.1, -0.05) is 5.16 Å². The summed E-state index contributed by atoms with van der Waals surface area (Å²) in [5, 5.41) is 10.5. The van der Waals surface area contributed by atoms with Gasteiger partial charge in [0.25, 0.3) is 0 Å². The van der Waals surface area contributed by atoms with Gasteiger partial charge in [-0.25, -0.2) is 9.18 Å². The van der Waals surface area contributed by atoms with Crippen LogP contribution in [0.1, 0.15) is 27.5 Å². The Balaban J connectivity index is 1.61. The van der Waals surface area contributed by atoms with E-state index in [-0.39, 0.29) is 18.1 Å². The van der Waals surface area contributed by atoms with Gasteiger partial charge in [-0.3, -0.25) is 5.10 Å². The maximum atomic E-state index is 12.9. The van der Waals surface area contributed by atoms with E-state index < -0.39 is 5.97 Å². The summed E-state index contributed by atoms with van der Waals surface area (Å²) < 4.78 is 23.2. The number of hydrogen-bond donors (Lipinski definition) is 1. The Kier molecular flexibility index (Phi) is 4.41. The second-order valence-electron chi connectivity index (χ2n) is 5.36. The first-order valence-corrected chi connectivity index (χ1v) is 7.45. The molecule has 0 saturated carbocycles. The number of nitrogens with zero attached hydrogens (tertiary/aromatic N) is 2.